The molecule has 2 aliphatic heterocycles. The topological polar surface area (TPSA) is 75.9 Å². The van der Waals surface area contributed by atoms with Crippen LogP contribution in [-0.2, 0) is 10.8 Å². The van der Waals surface area contributed by atoms with Crippen molar-refractivity contribution in [2.24, 2.45) is 0 Å². The fourth-order valence-corrected chi connectivity index (χ4v) is 14.3. The van der Waals surface area contributed by atoms with Gasteiger partial charge in [-0.3, -0.25) is 0 Å². The van der Waals surface area contributed by atoms with Crippen LogP contribution in [0.2, 0.25) is 0 Å². The van der Waals surface area contributed by atoms with Crippen molar-refractivity contribution in [3.63, 3.8) is 0 Å². The zero-order valence-electron chi connectivity index (χ0n) is 54.4. The fourth-order valence-electron chi connectivity index (χ4n) is 14.3. The van der Waals surface area contributed by atoms with Crippen LogP contribution in [0.15, 0.2) is 297 Å². The second-order valence-corrected chi connectivity index (χ2v) is 27.3. The Labute approximate surface area is 560 Å². The number of fused-ring (bicyclic) bond motifs is 7. The third-order valence-electron chi connectivity index (χ3n) is 19.2. The molecule has 12 aromatic carbocycles. The number of aromatic nitrogens is 6. The molecule has 15 aromatic rings. The van der Waals surface area contributed by atoms with Crippen LogP contribution >= 0.6 is 0 Å². The monoisotopic (exact) mass is 1230 g/mol. The smallest absolute Gasteiger partial charge is 0.252 e. The summed E-state index contributed by atoms with van der Waals surface area (Å²) >= 11 is 0. The molecule has 17 rings (SSSR count). The van der Waals surface area contributed by atoms with E-state index in [9.17, 15) is 0 Å². The van der Waals surface area contributed by atoms with Gasteiger partial charge in [0.25, 0.3) is 6.71 Å². The number of anilines is 6. The first-order valence-corrected chi connectivity index (χ1v) is 33.1. The third kappa shape index (κ3) is 10.1. The summed E-state index contributed by atoms with van der Waals surface area (Å²) in [6.45, 7) is 13.8. The minimum atomic E-state index is -0.0699. The van der Waals surface area contributed by atoms with Gasteiger partial charge in [-0.15, -0.1) is 0 Å². The van der Waals surface area contributed by atoms with Gasteiger partial charge in [0.05, 0.1) is 28.1 Å². The lowest BCUT2D eigenvalue weighted by Crippen LogP contribution is -2.61. The quantitative estimate of drug-likeness (QED) is 0.126. The van der Waals surface area contributed by atoms with Crippen LogP contribution in [-0.4, -0.2) is 36.2 Å². The van der Waals surface area contributed by atoms with E-state index < -0.39 is 0 Å². The van der Waals surface area contributed by atoms with Crippen LogP contribution in [0.4, 0.5) is 34.1 Å². The highest BCUT2D eigenvalue weighted by molar-refractivity contribution is 7.00. The Morgan fingerprint density at radius 2 is 0.677 bits per heavy atom. The van der Waals surface area contributed by atoms with Gasteiger partial charge < -0.3 is 14.4 Å². The second kappa shape index (κ2) is 23.0. The predicted molar refractivity (Wildman–Crippen MR) is 399 cm³/mol. The molecule has 0 saturated heterocycles. The Morgan fingerprint density at radius 3 is 1.20 bits per heavy atom. The van der Waals surface area contributed by atoms with Gasteiger partial charge in [0.2, 0.25) is 0 Å². The lowest BCUT2D eigenvalue weighted by Gasteiger charge is -2.44. The van der Waals surface area contributed by atoms with Gasteiger partial charge in [-0.25, -0.2) is 24.9 Å². The van der Waals surface area contributed by atoms with Crippen molar-refractivity contribution in [3.05, 3.63) is 308 Å². The number of rotatable bonds is 10. The van der Waals surface area contributed by atoms with E-state index >= 15 is 0 Å². The molecule has 0 unspecified atom stereocenters. The van der Waals surface area contributed by atoms with Crippen LogP contribution in [0, 0.1) is 0 Å². The number of benzene rings is 12. The van der Waals surface area contributed by atoms with Gasteiger partial charge in [-0.05, 0) is 140 Å². The summed E-state index contributed by atoms with van der Waals surface area (Å²) in [4.78, 5) is 31.8. The Kier molecular flexibility index (Phi) is 13.9. The summed E-state index contributed by atoms with van der Waals surface area (Å²) in [6, 6.07) is 107. The highest BCUT2D eigenvalue weighted by atomic mass is 15.2. The summed E-state index contributed by atoms with van der Waals surface area (Å²) in [5.74, 6) is 2.30. The predicted octanol–water partition coefficient (Wildman–Crippen LogP) is 20.1. The molecule has 0 saturated carbocycles. The van der Waals surface area contributed by atoms with Crippen LogP contribution in [0.3, 0.4) is 0 Å². The molecule has 0 N–H and O–H groups in total. The molecule has 458 valence electrons. The first kappa shape index (κ1) is 58.0. The van der Waals surface area contributed by atoms with Gasteiger partial charge in [-0.2, -0.15) is 0 Å². The first-order chi connectivity index (χ1) is 46.9. The average Bonchev–Trinajstić information content (AvgIpc) is 0.823. The van der Waals surface area contributed by atoms with E-state index in [1.807, 2.05) is 42.5 Å². The summed E-state index contributed by atoms with van der Waals surface area (Å²) in [7, 11) is 0. The van der Waals surface area contributed by atoms with E-state index in [0.717, 1.165) is 84.0 Å². The van der Waals surface area contributed by atoms with Gasteiger partial charge in [0.15, 0.2) is 23.3 Å². The Morgan fingerprint density at radius 1 is 0.281 bits per heavy atom. The molecule has 9 heteroatoms. The highest BCUT2D eigenvalue weighted by Crippen LogP contribution is 2.46. The van der Waals surface area contributed by atoms with Gasteiger partial charge in [0.1, 0.15) is 0 Å². The lowest BCUT2D eigenvalue weighted by molar-refractivity contribution is 0.590. The molecule has 0 radical (unpaired) electrons. The van der Waals surface area contributed by atoms with Crippen molar-refractivity contribution in [2.45, 2.75) is 52.4 Å². The van der Waals surface area contributed by atoms with Crippen LogP contribution in [0.1, 0.15) is 52.7 Å². The molecule has 0 fully saturated rings. The van der Waals surface area contributed by atoms with Gasteiger partial charge in [-0.1, -0.05) is 248 Å². The van der Waals surface area contributed by atoms with Gasteiger partial charge in [0, 0.05) is 78.3 Å². The molecule has 8 nitrogen and oxygen atoms in total. The first-order valence-electron chi connectivity index (χ1n) is 33.1. The van der Waals surface area contributed by atoms with E-state index in [1.165, 1.54) is 61.0 Å². The Balaban J connectivity index is 0.802. The van der Waals surface area contributed by atoms with Crippen molar-refractivity contribution in [1.82, 2.24) is 29.5 Å². The second-order valence-electron chi connectivity index (χ2n) is 27.3. The van der Waals surface area contributed by atoms with E-state index in [-0.39, 0.29) is 17.5 Å². The summed E-state index contributed by atoms with van der Waals surface area (Å²) in [5.41, 5.74) is 25.6. The maximum absolute atomic E-state index is 5.57. The molecular weight excluding hydrogens is 1170 g/mol. The minimum Gasteiger partial charge on any atom is -0.311 e. The summed E-state index contributed by atoms with van der Waals surface area (Å²) < 4.78 is 2.41. The number of para-hydroxylation sites is 3. The Bertz CT molecular complexity index is 5360. The minimum absolute atomic E-state index is 0.0699. The summed E-state index contributed by atoms with van der Waals surface area (Å²) in [5, 5.41) is 2.38. The van der Waals surface area contributed by atoms with E-state index in [0.29, 0.717) is 23.3 Å². The molecule has 3 aromatic heterocycles. The maximum Gasteiger partial charge on any atom is 0.252 e. The molecule has 96 heavy (non-hydrogen) atoms. The largest absolute Gasteiger partial charge is 0.311 e. The zero-order chi connectivity index (χ0) is 64.8. The molecule has 2 aliphatic rings. The summed E-state index contributed by atoms with van der Waals surface area (Å²) in [6.07, 6.45) is 0. The fraction of sp³-hybridized carbons (Fsp3) is 0.0920. The van der Waals surface area contributed by atoms with E-state index in [4.69, 9.17) is 24.9 Å². The molecular formula is C87H67BN8. The number of nitrogens with zero attached hydrogens (tertiary/aromatic N) is 8. The molecule has 0 atom stereocenters. The van der Waals surface area contributed by atoms with Crippen LogP contribution < -0.4 is 26.2 Å². The van der Waals surface area contributed by atoms with E-state index in [2.05, 4.69) is 311 Å². The third-order valence-corrected chi connectivity index (χ3v) is 19.2. The SMILES string of the molecule is CC(C)(C)c1ccc2c(c1)c1cc(C(C)(C)C)ccc1n2-c1ccc(-c2cc(-c3ccccc3)nc(-c3ccccc3)n2)cc1-c1nc(-c2ccccc2)nc(-c2ccc(-c3ccc(N4c5ccccc5B5c6ccccc6N(c6ccccc6)c6cccc4c65)cc3)cc2)n1. The molecule has 5 heterocycles. The van der Waals surface area contributed by atoms with Crippen molar-refractivity contribution in [2.75, 3.05) is 9.80 Å². The zero-order valence-corrected chi connectivity index (χ0v) is 54.4. The van der Waals surface area contributed by atoms with Crippen molar-refractivity contribution in [3.8, 4) is 84.9 Å². The molecule has 0 aliphatic carbocycles. The molecule has 0 spiro atoms. The maximum atomic E-state index is 5.57. The van der Waals surface area contributed by atoms with Crippen LogP contribution in [0.25, 0.3) is 107 Å². The van der Waals surface area contributed by atoms with Crippen molar-refractivity contribution < 1.29 is 0 Å². The lowest BCUT2D eigenvalue weighted by atomic mass is 9.33. The van der Waals surface area contributed by atoms with Crippen LogP contribution in [0.5, 0.6) is 0 Å². The van der Waals surface area contributed by atoms with Gasteiger partial charge >= 0.3 is 0 Å². The van der Waals surface area contributed by atoms with Crippen molar-refractivity contribution in [1.29, 1.82) is 0 Å². The van der Waals surface area contributed by atoms with Crippen molar-refractivity contribution >= 4 is 79.0 Å². The Hall–Kier alpha value is -11.8. The average molecular weight is 1240 g/mol. The molecule has 0 amide bonds. The molecule has 0 bridgehead atoms. The highest BCUT2D eigenvalue weighted by Gasteiger charge is 2.43. The number of hydrogen-bond acceptors (Lipinski definition) is 7. The van der Waals surface area contributed by atoms with E-state index in [1.54, 1.807) is 0 Å². The standard InChI is InChI=1S/C87H67BN8/c1-86(2,3)63-45-50-74-67(53-63)68-54-64(87(4,5)6)46-51-75(68)96(74)76-49-44-62(73-55-72(58-24-11-7-12-25-58)89-82(90-73)59-26-13-8-14-27-59)52-69(76)85-92-83(60-28-15-9-16-29-60)91-84(93-85)61-40-38-56(39-41-61)57-42-47-66(48-43-57)95-78-35-22-20-33-71(78)88-70-32-19-21-34-77(70)94(65-30-17-10-18-31-65)79-36-23-37-80(95)81(79)88/h7-55H,1-6H3. The normalized spacial score (nSPS) is 12.6. The number of hydrogen-bond donors (Lipinski definition) is 0.